The minimum absolute atomic E-state index is 0.389. The SMILES string of the molecule is CC(C)(C)OC(=O)/C=C/c1cccc(C#N)c1. The lowest BCUT2D eigenvalue weighted by atomic mass is 10.1. The van der Waals surface area contributed by atoms with E-state index in [-0.39, 0.29) is 5.97 Å². The molecule has 1 aromatic carbocycles. The molecule has 0 aromatic heterocycles. The van der Waals surface area contributed by atoms with Crippen LogP contribution in [0.2, 0.25) is 0 Å². The van der Waals surface area contributed by atoms with Crippen molar-refractivity contribution in [3.05, 3.63) is 41.5 Å². The third kappa shape index (κ3) is 4.98. The number of esters is 1. The van der Waals surface area contributed by atoms with Crippen molar-refractivity contribution in [3.63, 3.8) is 0 Å². The first kappa shape index (κ1) is 13.0. The largest absolute Gasteiger partial charge is 0.457 e. The molecule has 0 saturated carbocycles. The number of nitriles is 1. The van der Waals surface area contributed by atoms with Crippen molar-refractivity contribution in [2.24, 2.45) is 0 Å². The Hall–Kier alpha value is -2.08. The summed E-state index contributed by atoms with van der Waals surface area (Å²) in [5.41, 5.74) is 0.877. The molecule has 0 bridgehead atoms. The van der Waals surface area contributed by atoms with E-state index in [0.29, 0.717) is 5.56 Å². The third-order valence-electron chi connectivity index (χ3n) is 1.83. The molecule has 0 aliphatic heterocycles. The second-order valence-corrected chi connectivity index (χ2v) is 4.60. The lowest BCUT2D eigenvalue weighted by molar-refractivity contribution is -0.148. The summed E-state index contributed by atoms with van der Waals surface area (Å²) in [6.07, 6.45) is 3.00. The van der Waals surface area contributed by atoms with Gasteiger partial charge in [-0.2, -0.15) is 5.26 Å². The van der Waals surface area contributed by atoms with Crippen molar-refractivity contribution in [1.29, 1.82) is 5.26 Å². The Morgan fingerprint density at radius 1 is 1.41 bits per heavy atom. The zero-order valence-corrected chi connectivity index (χ0v) is 10.2. The molecule has 0 heterocycles. The van der Waals surface area contributed by atoms with Crippen LogP contribution in [0.3, 0.4) is 0 Å². The highest BCUT2D eigenvalue weighted by Crippen LogP contribution is 2.09. The number of carbonyl (C=O) groups is 1. The van der Waals surface area contributed by atoms with Crippen LogP contribution in [0.5, 0.6) is 0 Å². The van der Waals surface area contributed by atoms with Gasteiger partial charge in [0.25, 0.3) is 0 Å². The predicted octanol–water partition coefficient (Wildman–Crippen LogP) is 2.91. The van der Waals surface area contributed by atoms with Crippen LogP contribution < -0.4 is 0 Å². The van der Waals surface area contributed by atoms with Crippen molar-refractivity contribution in [3.8, 4) is 6.07 Å². The normalized spacial score (nSPS) is 11.2. The van der Waals surface area contributed by atoms with Crippen LogP contribution in [0.4, 0.5) is 0 Å². The van der Waals surface area contributed by atoms with Crippen molar-refractivity contribution >= 4 is 12.0 Å². The van der Waals surface area contributed by atoms with Gasteiger partial charge in [-0.25, -0.2) is 4.79 Å². The number of rotatable bonds is 2. The number of hydrogen-bond acceptors (Lipinski definition) is 3. The standard InChI is InChI=1S/C14H15NO2/c1-14(2,3)17-13(16)8-7-11-5-4-6-12(9-11)10-15/h4-9H,1-3H3/b8-7+. The van der Waals surface area contributed by atoms with Gasteiger partial charge in [-0.05, 0) is 44.5 Å². The molecule has 0 saturated heterocycles. The van der Waals surface area contributed by atoms with E-state index < -0.39 is 5.60 Å². The molecule has 3 nitrogen and oxygen atoms in total. The lowest BCUT2D eigenvalue weighted by Crippen LogP contribution is -2.22. The minimum Gasteiger partial charge on any atom is -0.457 e. The smallest absolute Gasteiger partial charge is 0.331 e. The second kappa shape index (κ2) is 5.31. The highest BCUT2D eigenvalue weighted by molar-refractivity contribution is 5.87. The summed E-state index contributed by atoms with van der Waals surface area (Å²) in [7, 11) is 0. The molecule has 1 aromatic rings. The molecule has 1 rings (SSSR count). The van der Waals surface area contributed by atoms with Crippen LogP contribution in [0.15, 0.2) is 30.3 Å². The molecule has 0 N–H and O–H groups in total. The van der Waals surface area contributed by atoms with Crippen molar-refractivity contribution < 1.29 is 9.53 Å². The molecule has 0 atom stereocenters. The van der Waals surface area contributed by atoms with Gasteiger partial charge in [0.1, 0.15) is 5.60 Å². The first-order valence-electron chi connectivity index (χ1n) is 5.32. The predicted molar refractivity (Wildman–Crippen MR) is 66.0 cm³/mol. The minimum atomic E-state index is -0.490. The Kier molecular flexibility index (Phi) is 4.06. The summed E-state index contributed by atoms with van der Waals surface area (Å²) in [6, 6.07) is 9.06. The molecule has 0 aliphatic carbocycles. The maximum absolute atomic E-state index is 11.4. The molecule has 3 heteroatoms. The van der Waals surface area contributed by atoms with Gasteiger partial charge < -0.3 is 4.74 Å². The average Bonchev–Trinajstić information content (AvgIpc) is 2.24. The maximum atomic E-state index is 11.4. The van der Waals surface area contributed by atoms with Gasteiger partial charge in [0, 0.05) is 6.08 Å². The Labute approximate surface area is 101 Å². The van der Waals surface area contributed by atoms with E-state index in [1.54, 1.807) is 24.3 Å². The van der Waals surface area contributed by atoms with Crippen LogP contribution in [0, 0.1) is 11.3 Å². The zero-order valence-electron chi connectivity index (χ0n) is 10.2. The van der Waals surface area contributed by atoms with Crippen LogP contribution in [-0.4, -0.2) is 11.6 Å². The van der Waals surface area contributed by atoms with Crippen LogP contribution in [0.1, 0.15) is 31.9 Å². The maximum Gasteiger partial charge on any atom is 0.331 e. The van der Waals surface area contributed by atoms with Crippen LogP contribution in [-0.2, 0) is 9.53 Å². The topological polar surface area (TPSA) is 50.1 Å². The number of ether oxygens (including phenoxy) is 1. The lowest BCUT2D eigenvalue weighted by Gasteiger charge is -2.17. The van der Waals surface area contributed by atoms with E-state index in [2.05, 4.69) is 0 Å². The fourth-order valence-electron chi connectivity index (χ4n) is 1.21. The number of benzene rings is 1. The Morgan fingerprint density at radius 3 is 2.71 bits per heavy atom. The van der Waals surface area contributed by atoms with Gasteiger partial charge in [-0.1, -0.05) is 12.1 Å². The quantitative estimate of drug-likeness (QED) is 0.578. The van der Waals surface area contributed by atoms with E-state index in [4.69, 9.17) is 10.00 Å². The molecule has 0 fully saturated rings. The summed E-state index contributed by atoms with van der Waals surface area (Å²) in [5, 5.41) is 8.73. The highest BCUT2D eigenvalue weighted by atomic mass is 16.6. The first-order chi connectivity index (χ1) is 7.90. The van der Waals surface area contributed by atoms with E-state index in [9.17, 15) is 4.79 Å². The number of carbonyl (C=O) groups excluding carboxylic acids is 1. The monoisotopic (exact) mass is 229 g/mol. The van der Waals surface area contributed by atoms with Gasteiger partial charge in [-0.15, -0.1) is 0 Å². The number of nitrogens with zero attached hydrogens (tertiary/aromatic N) is 1. The van der Waals surface area contributed by atoms with Crippen molar-refractivity contribution in [2.75, 3.05) is 0 Å². The van der Waals surface area contributed by atoms with Gasteiger partial charge in [0.05, 0.1) is 11.6 Å². The third-order valence-corrected chi connectivity index (χ3v) is 1.83. The van der Waals surface area contributed by atoms with E-state index in [0.717, 1.165) is 5.56 Å². The molecule has 0 unspecified atom stereocenters. The molecule has 0 aliphatic rings. The van der Waals surface area contributed by atoms with E-state index in [1.807, 2.05) is 32.9 Å². The average molecular weight is 229 g/mol. The van der Waals surface area contributed by atoms with Crippen molar-refractivity contribution in [1.82, 2.24) is 0 Å². The Balaban J connectivity index is 2.71. The Bertz CT molecular complexity index is 476. The summed E-state index contributed by atoms with van der Waals surface area (Å²) in [4.78, 5) is 11.4. The van der Waals surface area contributed by atoms with Gasteiger partial charge >= 0.3 is 5.97 Å². The molecule has 0 spiro atoms. The van der Waals surface area contributed by atoms with Gasteiger partial charge in [-0.3, -0.25) is 0 Å². The van der Waals surface area contributed by atoms with E-state index in [1.165, 1.54) is 6.08 Å². The Morgan fingerprint density at radius 2 is 2.12 bits per heavy atom. The second-order valence-electron chi connectivity index (χ2n) is 4.60. The fraction of sp³-hybridized carbons (Fsp3) is 0.286. The molecule has 0 amide bonds. The summed E-state index contributed by atoms with van der Waals surface area (Å²) >= 11 is 0. The van der Waals surface area contributed by atoms with Gasteiger partial charge in [0.2, 0.25) is 0 Å². The number of hydrogen-bond donors (Lipinski definition) is 0. The van der Waals surface area contributed by atoms with Crippen LogP contribution >= 0.6 is 0 Å². The van der Waals surface area contributed by atoms with Gasteiger partial charge in [0.15, 0.2) is 0 Å². The fourth-order valence-corrected chi connectivity index (χ4v) is 1.21. The molecule has 17 heavy (non-hydrogen) atoms. The molecule has 0 radical (unpaired) electrons. The first-order valence-corrected chi connectivity index (χ1v) is 5.32. The van der Waals surface area contributed by atoms with E-state index >= 15 is 0 Å². The van der Waals surface area contributed by atoms with Crippen LogP contribution in [0.25, 0.3) is 6.08 Å². The zero-order chi connectivity index (χ0) is 12.9. The highest BCUT2D eigenvalue weighted by Gasteiger charge is 2.13. The summed E-state index contributed by atoms with van der Waals surface area (Å²) in [6.45, 7) is 5.44. The molecular weight excluding hydrogens is 214 g/mol. The molecular formula is C14H15NO2. The molecule has 88 valence electrons. The van der Waals surface area contributed by atoms with Crippen molar-refractivity contribution in [2.45, 2.75) is 26.4 Å². The summed E-state index contributed by atoms with van der Waals surface area (Å²) < 4.78 is 5.13. The summed E-state index contributed by atoms with van der Waals surface area (Å²) in [5.74, 6) is -0.389.